The minimum Gasteiger partial charge on any atom is -0.370 e. The van der Waals surface area contributed by atoms with E-state index in [1.807, 2.05) is 65.6 Å². The molecule has 32 heavy (non-hydrogen) atoms. The van der Waals surface area contributed by atoms with Crippen LogP contribution in [0.2, 0.25) is 0 Å². The molecule has 0 saturated carbocycles. The monoisotopic (exact) mass is 452 g/mol. The molecule has 166 valence electrons. The molecule has 3 heterocycles. The predicted octanol–water partition coefficient (Wildman–Crippen LogP) is 3.93. The van der Waals surface area contributed by atoms with Gasteiger partial charge in [-0.15, -0.1) is 12.4 Å². The second-order valence-electron chi connectivity index (χ2n) is 8.20. The number of halogens is 1. The van der Waals surface area contributed by atoms with Crippen LogP contribution >= 0.6 is 12.4 Å². The maximum atomic E-state index is 13.3. The number of rotatable bonds is 3. The Labute approximate surface area is 191 Å². The molecule has 4 aromatic rings. The van der Waals surface area contributed by atoms with Gasteiger partial charge in [0.15, 0.2) is 0 Å². The molecule has 5 rings (SSSR count). The highest BCUT2D eigenvalue weighted by molar-refractivity contribution is 5.97. The summed E-state index contributed by atoms with van der Waals surface area (Å²) >= 11 is 0. The molecular formula is C24H25ClN4O3. The lowest BCUT2D eigenvalue weighted by Gasteiger charge is -2.33. The molecular weight excluding hydrogens is 428 g/mol. The highest BCUT2D eigenvalue weighted by Gasteiger charge is 2.26. The van der Waals surface area contributed by atoms with Gasteiger partial charge < -0.3 is 14.6 Å². The zero-order valence-electron chi connectivity index (χ0n) is 17.9. The van der Waals surface area contributed by atoms with Gasteiger partial charge in [-0.3, -0.25) is 14.0 Å². The molecule has 0 bridgehead atoms. The smallest absolute Gasteiger partial charge is 0.274 e. The van der Waals surface area contributed by atoms with Gasteiger partial charge in [-0.05, 0) is 23.8 Å². The Morgan fingerprint density at radius 1 is 1.16 bits per heavy atom. The van der Waals surface area contributed by atoms with Crippen molar-refractivity contribution in [2.24, 2.45) is 0 Å². The maximum absolute atomic E-state index is 13.3. The highest BCUT2D eigenvalue weighted by Crippen LogP contribution is 2.25. The first kappa shape index (κ1) is 22.0. The summed E-state index contributed by atoms with van der Waals surface area (Å²) in [5, 5.41) is 0. The van der Waals surface area contributed by atoms with E-state index in [1.165, 1.54) is 0 Å². The summed E-state index contributed by atoms with van der Waals surface area (Å²) in [6.45, 7) is 5.61. The number of ether oxygens (including phenoxy) is 1. The summed E-state index contributed by atoms with van der Waals surface area (Å²) in [7, 11) is 0. The van der Waals surface area contributed by atoms with Crippen molar-refractivity contribution in [3.63, 3.8) is 0 Å². The number of amides is 1. The number of hydrogen-bond acceptors (Lipinski definition) is 4. The van der Waals surface area contributed by atoms with Crippen LogP contribution in [0.4, 0.5) is 0 Å². The average molecular weight is 453 g/mol. The molecule has 1 atom stereocenters. The number of hydrogen-bond donors (Lipinski definition) is 1. The van der Waals surface area contributed by atoms with Crippen LogP contribution in [-0.2, 0) is 4.74 Å². The molecule has 8 heteroatoms. The number of benzene rings is 2. The summed E-state index contributed by atoms with van der Waals surface area (Å²) in [5.41, 5.74) is 3.35. The summed E-state index contributed by atoms with van der Waals surface area (Å²) in [6.07, 6.45) is 1.46. The van der Waals surface area contributed by atoms with Crippen molar-refractivity contribution in [3.05, 3.63) is 82.0 Å². The van der Waals surface area contributed by atoms with Crippen LogP contribution in [0, 0.1) is 0 Å². The maximum Gasteiger partial charge on any atom is 0.274 e. The van der Waals surface area contributed by atoms with Crippen molar-refractivity contribution in [2.45, 2.75) is 25.9 Å². The standard InChI is InChI=1S/C24H24N4O3.ClH/c1-15(2)22-25-13-20-23(29)26-18-12-17(8-9-19(18)28(20)22)24(30)27-10-11-31-21(14-27)16-6-4-3-5-7-16;/h3-9,12-13,15,21H,10-11,14H2,1-2H3,(H,26,29);1H. The largest absolute Gasteiger partial charge is 0.370 e. The number of fused-ring (bicyclic) bond motifs is 3. The van der Waals surface area contributed by atoms with Gasteiger partial charge in [0.1, 0.15) is 17.4 Å². The molecule has 1 aliphatic heterocycles. The fraction of sp³-hybridized carbons (Fsp3) is 0.292. The third-order valence-electron chi connectivity index (χ3n) is 5.80. The third kappa shape index (κ3) is 3.78. The van der Waals surface area contributed by atoms with E-state index >= 15 is 0 Å². The topological polar surface area (TPSA) is 79.7 Å². The summed E-state index contributed by atoms with van der Waals surface area (Å²) in [5.74, 6) is 0.919. The molecule has 1 N–H and O–H groups in total. The number of imidazole rings is 1. The van der Waals surface area contributed by atoms with Gasteiger partial charge in [0, 0.05) is 18.0 Å². The summed E-state index contributed by atoms with van der Waals surface area (Å²) < 4.78 is 7.77. The fourth-order valence-electron chi connectivity index (χ4n) is 4.22. The van der Waals surface area contributed by atoms with Crippen molar-refractivity contribution in [1.82, 2.24) is 19.3 Å². The van der Waals surface area contributed by atoms with Crippen LogP contribution in [0.3, 0.4) is 0 Å². The Bertz CT molecular complexity index is 1330. The Balaban J connectivity index is 0.00000245. The molecule has 0 aliphatic carbocycles. The first-order chi connectivity index (χ1) is 15.0. The van der Waals surface area contributed by atoms with Crippen molar-refractivity contribution < 1.29 is 9.53 Å². The predicted molar refractivity (Wildman–Crippen MR) is 126 cm³/mol. The summed E-state index contributed by atoms with van der Waals surface area (Å²) in [6, 6.07) is 15.4. The summed E-state index contributed by atoms with van der Waals surface area (Å²) in [4.78, 5) is 35.0. The highest BCUT2D eigenvalue weighted by atomic mass is 35.5. The van der Waals surface area contributed by atoms with E-state index in [2.05, 4.69) is 9.97 Å². The van der Waals surface area contributed by atoms with Crippen LogP contribution in [0.25, 0.3) is 16.6 Å². The molecule has 1 unspecified atom stereocenters. The number of H-pyrrole nitrogens is 1. The first-order valence-corrected chi connectivity index (χ1v) is 10.5. The van der Waals surface area contributed by atoms with E-state index in [1.54, 1.807) is 12.3 Å². The van der Waals surface area contributed by atoms with Crippen LogP contribution in [0.1, 0.15) is 47.6 Å². The van der Waals surface area contributed by atoms with Gasteiger partial charge in [-0.2, -0.15) is 0 Å². The lowest BCUT2D eigenvalue weighted by Crippen LogP contribution is -2.42. The van der Waals surface area contributed by atoms with Crippen LogP contribution in [-0.4, -0.2) is 44.9 Å². The average Bonchev–Trinajstić information content (AvgIpc) is 3.25. The molecule has 1 fully saturated rings. The second kappa shape index (κ2) is 8.76. The van der Waals surface area contributed by atoms with Gasteiger partial charge >= 0.3 is 0 Å². The molecule has 7 nitrogen and oxygen atoms in total. The van der Waals surface area contributed by atoms with Gasteiger partial charge in [0.05, 0.1) is 30.4 Å². The minimum atomic E-state index is -0.216. The first-order valence-electron chi connectivity index (χ1n) is 10.5. The second-order valence-corrected chi connectivity index (χ2v) is 8.20. The van der Waals surface area contributed by atoms with E-state index in [-0.39, 0.29) is 35.9 Å². The Morgan fingerprint density at radius 2 is 1.94 bits per heavy atom. The normalized spacial score (nSPS) is 16.5. The minimum absolute atomic E-state index is 0. The van der Waals surface area contributed by atoms with E-state index in [0.717, 1.165) is 16.9 Å². The van der Waals surface area contributed by atoms with Crippen LogP contribution < -0.4 is 5.56 Å². The van der Waals surface area contributed by atoms with Gasteiger partial charge in [0.2, 0.25) is 0 Å². The zero-order valence-corrected chi connectivity index (χ0v) is 18.8. The lowest BCUT2D eigenvalue weighted by atomic mass is 10.1. The molecule has 0 radical (unpaired) electrons. The number of carbonyl (C=O) groups is 1. The number of carbonyl (C=O) groups excluding carboxylic acids is 1. The number of aromatic amines is 1. The van der Waals surface area contributed by atoms with Crippen molar-refractivity contribution in [2.75, 3.05) is 19.7 Å². The van der Waals surface area contributed by atoms with E-state index in [4.69, 9.17) is 4.74 Å². The lowest BCUT2D eigenvalue weighted by molar-refractivity contribution is -0.0228. The van der Waals surface area contributed by atoms with E-state index in [9.17, 15) is 9.59 Å². The van der Waals surface area contributed by atoms with E-state index < -0.39 is 0 Å². The van der Waals surface area contributed by atoms with E-state index in [0.29, 0.717) is 36.3 Å². The Kier molecular flexibility index (Phi) is 6.04. The van der Waals surface area contributed by atoms with Gasteiger partial charge in [-0.1, -0.05) is 44.2 Å². The third-order valence-corrected chi connectivity index (χ3v) is 5.80. The van der Waals surface area contributed by atoms with Gasteiger partial charge in [0.25, 0.3) is 11.5 Å². The Morgan fingerprint density at radius 3 is 2.69 bits per heavy atom. The number of nitrogens with one attached hydrogen (secondary N) is 1. The van der Waals surface area contributed by atoms with Crippen LogP contribution in [0.5, 0.6) is 0 Å². The number of morpholine rings is 1. The zero-order chi connectivity index (χ0) is 21.5. The SMILES string of the molecule is CC(C)c1ncc2c(=O)[nH]c3cc(C(=O)N4CCOC(c5ccccc5)C4)ccc3n12.Cl. The molecule has 2 aromatic carbocycles. The van der Waals surface area contributed by atoms with Crippen molar-refractivity contribution in [1.29, 1.82) is 0 Å². The number of aromatic nitrogens is 3. The van der Waals surface area contributed by atoms with Crippen molar-refractivity contribution in [3.8, 4) is 0 Å². The fourth-order valence-corrected chi connectivity index (χ4v) is 4.22. The number of nitrogens with zero attached hydrogens (tertiary/aromatic N) is 3. The molecule has 0 spiro atoms. The molecule has 1 saturated heterocycles. The molecule has 1 aliphatic rings. The Hall–Kier alpha value is -3.16. The molecule has 2 aromatic heterocycles. The van der Waals surface area contributed by atoms with Crippen molar-refractivity contribution >= 4 is 34.9 Å². The quantitative estimate of drug-likeness (QED) is 0.510. The van der Waals surface area contributed by atoms with Crippen LogP contribution in [0.15, 0.2) is 59.5 Å². The van der Waals surface area contributed by atoms with Gasteiger partial charge in [-0.25, -0.2) is 4.98 Å². The molecule has 1 amide bonds.